The van der Waals surface area contributed by atoms with Crippen LogP contribution in [-0.4, -0.2) is 49.8 Å². The van der Waals surface area contributed by atoms with E-state index < -0.39 is 40.8 Å². The lowest BCUT2D eigenvalue weighted by molar-refractivity contribution is -0.172. The Morgan fingerprint density at radius 2 is 1.84 bits per heavy atom. The second-order valence-electron chi connectivity index (χ2n) is 5.70. The molecule has 1 fully saturated rings. The molecule has 1 aliphatic heterocycles. The summed E-state index contributed by atoms with van der Waals surface area (Å²) >= 11 is 5.97. The summed E-state index contributed by atoms with van der Waals surface area (Å²) in [7, 11) is -3.75. The van der Waals surface area contributed by atoms with Crippen molar-refractivity contribution in [3.05, 3.63) is 28.8 Å². The minimum absolute atomic E-state index is 0.111. The maximum Gasteiger partial charge on any atom is 0.329 e. The van der Waals surface area contributed by atoms with Crippen molar-refractivity contribution < 1.29 is 26.0 Å². The highest BCUT2D eigenvalue weighted by Gasteiger charge is 2.63. The van der Waals surface area contributed by atoms with E-state index in [9.17, 15) is 26.0 Å². The topological polar surface area (TPSA) is 73.3 Å². The van der Waals surface area contributed by atoms with E-state index in [2.05, 4.69) is 4.72 Å². The van der Waals surface area contributed by atoms with Crippen molar-refractivity contribution in [2.45, 2.75) is 25.2 Å². The lowest BCUT2D eigenvalue weighted by Crippen LogP contribution is -2.38. The molecule has 0 bridgehead atoms. The average molecular weight is 402 g/mol. The molecule has 2 rings (SSSR count). The molecule has 1 heterocycles. The van der Waals surface area contributed by atoms with Crippen LogP contribution in [-0.2, 0) is 10.0 Å². The summed E-state index contributed by atoms with van der Waals surface area (Å²) in [6.07, 6.45) is 0.327. The number of hydrogen-bond acceptors (Lipinski definition) is 3. The van der Waals surface area contributed by atoms with Gasteiger partial charge >= 0.3 is 11.8 Å². The third-order valence-corrected chi connectivity index (χ3v) is 5.41. The van der Waals surface area contributed by atoms with Gasteiger partial charge in [-0.15, -0.1) is 0 Å². The molecule has 0 aromatic heterocycles. The predicted molar refractivity (Wildman–Crippen MR) is 87.4 cm³/mol. The minimum Gasteiger partial charge on any atom is -0.344 e. The number of likely N-dealkylation sites (tertiary alicyclic amines) is 1. The Labute approximate surface area is 147 Å². The molecular formula is C14H16ClF4N3O2S. The number of hydrogen-bond donors (Lipinski definition) is 2. The summed E-state index contributed by atoms with van der Waals surface area (Å²) in [6, 6.07) is 4.00. The van der Waals surface area contributed by atoms with Crippen LogP contribution in [0.2, 0.25) is 5.02 Å². The van der Waals surface area contributed by atoms with Crippen LogP contribution in [0.25, 0.3) is 0 Å². The molecule has 0 saturated carbocycles. The Morgan fingerprint density at radius 3 is 2.36 bits per heavy atom. The van der Waals surface area contributed by atoms with E-state index in [-0.39, 0.29) is 22.0 Å². The highest BCUT2D eigenvalue weighted by molar-refractivity contribution is 7.92. The third-order valence-electron chi connectivity index (χ3n) is 3.62. The van der Waals surface area contributed by atoms with Gasteiger partial charge in [-0.2, -0.15) is 17.6 Å². The summed E-state index contributed by atoms with van der Waals surface area (Å²) in [4.78, 5) is 0.485. The van der Waals surface area contributed by atoms with Gasteiger partial charge in [-0.3, -0.25) is 10.1 Å². The first-order valence-corrected chi connectivity index (χ1v) is 9.32. The van der Waals surface area contributed by atoms with E-state index in [1.165, 1.54) is 18.2 Å². The van der Waals surface area contributed by atoms with E-state index in [0.717, 1.165) is 0 Å². The highest BCUT2D eigenvalue weighted by atomic mass is 35.5. The fraction of sp³-hybridized carbons (Fsp3) is 0.500. The first kappa shape index (κ1) is 19.8. The Balaban J connectivity index is 2.38. The fourth-order valence-corrected chi connectivity index (χ4v) is 3.83. The second-order valence-corrected chi connectivity index (χ2v) is 7.95. The first-order chi connectivity index (χ1) is 11.4. The van der Waals surface area contributed by atoms with Gasteiger partial charge in [0.05, 0.1) is 35.1 Å². The summed E-state index contributed by atoms with van der Waals surface area (Å²) in [5.74, 6) is -9.48. The molecule has 0 atom stereocenters. The van der Waals surface area contributed by atoms with Gasteiger partial charge < -0.3 is 4.90 Å². The molecule has 5 nitrogen and oxygen atoms in total. The Bertz CT molecular complexity index is 770. The zero-order valence-corrected chi connectivity index (χ0v) is 14.7. The lowest BCUT2D eigenvalue weighted by Gasteiger charge is -2.21. The van der Waals surface area contributed by atoms with Crippen molar-refractivity contribution in [3.63, 3.8) is 0 Å². The summed E-state index contributed by atoms with van der Waals surface area (Å²) in [6.45, 7) is -1.06. The summed E-state index contributed by atoms with van der Waals surface area (Å²) in [5.41, 5.74) is -0.346. The number of benzene rings is 1. The SMILES string of the molecule is CCCS(=O)(=O)Nc1cccc(Cl)c1C(=N)N1CC(F)(F)C(F)(F)C1. The van der Waals surface area contributed by atoms with Gasteiger partial charge in [0.25, 0.3) is 0 Å². The van der Waals surface area contributed by atoms with Gasteiger partial charge in [-0.05, 0) is 18.6 Å². The van der Waals surface area contributed by atoms with Crippen LogP contribution in [0.3, 0.4) is 0 Å². The van der Waals surface area contributed by atoms with Gasteiger partial charge in [0.1, 0.15) is 5.84 Å². The van der Waals surface area contributed by atoms with Crippen LogP contribution >= 0.6 is 11.6 Å². The molecule has 25 heavy (non-hydrogen) atoms. The van der Waals surface area contributed by atoms with Crippen LogP contribution in [0.5, 0.6) is 0 Å². The zero-order chi connectivity index (χ0) is 19.0. The highest BCUT2D eigenvalue weighted by Crippen LogP contribution is 2.42. The molecule has 2 N–H and O–H groups in total. The van der Waals surface area contributed by atoms with E-state index in [1.807, 2.05) is 0 Å². The fourth-order valence-electron chi connectivity index (χ4n) is 2.42. The molecule has 0 radical (unpaired) electrons. The third kappa shape index (κ3) is 4.00. The number of halogens is 5. The van der Waals surface area contributed by atoms with Crippen LogP contribution in [0.4, 0.5) is 23.2 Å². The van der Waals surface area contributed by atoms with Gasteiger partial charge in [0.15, 0.2) is 0 Å². The number of rotatable bonds is 5. The monoisotopic (exact) mass is 401 g/mol. The predicted octanol–water partition coefficient (Wildman–Crippen LogP) is 3.40. The van der Waals surface area contributed by atoms with Crippen molar-refractivity contribution in [1.29, 1.82) is 5.41 Å². The van der Waals surface area contributed by atoms with Gasteiger partial charge in [0.2, 0.25) is 10.0 Å². The normalized spacial score (nSPS) is 19.0. The van der Waals surface area contributed by atoms with Crippen molar-refractivity contribution in [2.75, 3.05) is 23.6 Å². The number of nitrogens with one attached hydrogen (secondary N) is 2. The molecule has 1 saturated heterocycles. The Kier molecular flexibility index (Phi) is 5.25. The van der Waals surface area contributed by atoms with Crippen molar-refractivity contribution in [3.8, 4) is 0 Å². The van der Waals surface area contributed by atoms with Crippen molar-refractivity contribution >= 4 is 33.1 Å². The van der Waals surface area contributed by atoms with Crippen LogP contribution < -0.4 is 4.72 Å². The Hall–Kier alpha value is -1.55. The smallest absolute Gasteiger partial charge is 0.329 e. The van der Waals surface area contributed by atoms with E-state index in [0.29, 0.717) is 11.3 Å². The first-order valence-electron chi connectivity index (χ1n) is 7.29. The van der Waals surface area contributed by atoms with Crippen LogP contribution in [0, 0.1) is 5.41 Å². The number of nitrogens with zero attached hydrogens (tertiary/aromatic N) is 1. The number of sulfonamides is 1. The molecule has 0 aliphatic carbocycles. The number of anilines is 1. The van der Waals surface area contributed by atoms with E-state index >= 15 is 0 Å². The molecule has 0 spiro atoms. The van der Waals surface area contributed by atoms with E-state index in [1.54, 1.807) is 6.92 Å². The standard InChI is InChI=1S/C14H16ClF4N3O2S/c1-2-6-25(23,24)21-10-5-3-4-9(15)11(10)12(20)22-7-13(16,17)14(18,19)8-22/h3-5,20-21H,2,6-8H2,1H3. The molecular weight excluding hydrogens is 386 g/mol. The quantitative estimate of drug-likeness (QED) is 0.451. The summed E-state index contributed by atoms with van der Waals surface area (Å²) < 4.78 is 79.6. The minimum atomic E-state index is -4.29. The second kappa shape index (κ2) is 6.64. The molecule has 1 aromatic carbocycles. The van der Waals surface area contributed by atoms with Crippen LogP contribution in [0.1, 0.15) is 18.9 Å². The van der Waals surface area contributed by atoms with Gasteiger partial charge in [-0.1, -0.05) is 24.6 Å². The molecule has 0 unspecified atom stereocenters. The Morgan fingerprint density at radius 1 is 1.28 bits per heavy atom. The zero-order valence-electron chi connectivity index (χ0n) is 13.1. The maximum atomic E-state index is 13.4. The van der Waals surface area contributed by atoms with E-state index in [4.69, 9.17) is 17.0 Å². The van der Waals surface area contributed by atoms with Crippen molar-refractivity contribution in [2.24, 2.45) is 0 Å². The number of amidine groups is 1. The molecule has 11 heteroatoms. The largest absolute Gasteiger partial charge is 0.344 e. The van der Waals surface area contributed by atoms with Crippen LogP contribution in [0.15, 0.2) is 18.2 Å². The van der Waals surface area contributed by atoms with Crippen molar-refractivity contribution in [1.82, 2.24) is 4.90 Å². The molecule has 1 aliphatic rings. The molecule has 0 amide bonds. The van der Waals surface area contributed by atoms with Gasteiger partial charge in [0, 0.05) is 0 Å². The van der Waals surface area contributed by atoms with Gasteiger partial charge in [-0.25, -0.2) is 8.42 Å². The lowest BCUT2D eigenvalue weighted by atomic mass is 10.1. The molecule has 1 aromatic rings. The maximum absolute atomic E-state index is 13.4. The molecule has 140 valence electrons. The summed E-state index contributed by atoms with van der Waals surface area (Å²) in [5, 5.41) is 7.90. The number of alkyl halides is 4. The average Bonchev–Trinajstić information content (AvgIpc) is 2.66.